The maximum Gasteiger partial charge on any atom is 0.323 e. The number of benzene rings is 2. The molecular weight excluding hydrogens is 356 g/mol. The number of carbonyl (C=O) groups excluding carboxylic acids is 1. The lowest BCUT2D eigenvalue weighted by Crippen LogP contribution is -2.34. The zero-order valence-electron chi connectivity index (χ0n) is 16.0. The molecule has 2 aromatic rings. The van der Waals surface area contributed by atoms with Crippen LogP contribution in [0.1, 0.15) is 17.5 Å². The standard InChI is InChI=1S/C22H26N2O4/c1-23-14-7-15-28-20-11-6-5-10-19(20)16-24(17-22(26)27)21(25)13-12-18-8-3-2-4-9-18/h2-6,8-13,23H,7,14-17H2,1H3,(H,26,27). The first-order chi connectivity index (χ1) is 13.6. The highest BCUT2D eigenvalue weighted by molar-refractivity contribution is 5.93. The Morgan fingerprint density at radius 1 is 1.11 bits per heavy atom. The van der Waals surface area contributed by atoms with Gasteiger partial charge in [-0.05, 0) is 37.7 Å². The molecule has 0 aromatic heterocycles. The molecule has 0 fully saturated rings. The van der Waals surface area contributed by atoms with Crippen LogP contribution in [0.3, 0.4) is 0 Å². The zero-order valence-corrected chi connectivity index (χ0v) is 16.0. The quantitative estimate of drug-likeness (QED) is 0.462. The van der Waals surface area contributed by atoms with Crippen LogP contribution >= 0.6 is 0 Å². The number of carboxylic acid groups (broad SMARTS) is 1. The summed E-state index contributed by atoms with van der Waals surface area (Å²) in [6.45, 7) is 1.16. The molecule has 2 N–H and O–H groups in total. The van der Waals surface area contributed by atoms with Crippen LogP contribution in [0.25, 0.3) is 6.08 Å². The Bertz CT molecular complexity index is 790. The summed E-state index contributed by atoms with van der Waals surface area (Å²) in [6.07, 6.45) is 3.93. The fourth-order valence-electron chi connectivity index (χ4n) is 2.62. The maximum atomic E-state index is 12.6. The highest BCUT2D eigenvalue weighted by Crippen LogP contribution is 2.20. The summed E-state index contributed by atoms with van der Waals surface area (Å²) < 4.78 is 5.81. The normalized spacial score (nSPS) is 10.8. The van der Waals surface area contributed by atoms with Crippen molar-refractivity contribution in [3.63, 3.8) is 0 Å². The van der Waals surface area contributed by atoms with Gasteiger partial charge in [-0.1, -0.05) is 48.5 Å². The third kappa shape index (κ3) is 7.25. The fourth-order valence-corrected chi connectivity index (χ4v) is 2.62. The number of nitrogens with zero attached hydrogens (tertiary/aromatic N) is 1. The molecule has 0 saturated carbocycles. The molecule has 0 bridgehead atoms. The van der Waals surface area contributed by atoms with Crippen molar-refractivity contribution in [3.8, 4) is 5.75 Å². The van der Waals surface area contributed by atoms with E-state index >= 15 is 0 Å². The fraction of sp³-hybridized carbons (Fsp3) is 0.273. The van der Waals surface area contributed by atoms with E-state index in [9.17, 15) is 14.7 Å². The molecule has 0 aliphatic carbocycles. The molecule has 0 aliphatic rings. The van der Waals surface area contributed by atoms with Crippen LogP contribution in [0.4, 0.5) is 0 Å². The largest absolute Gasteiger partial charge is 0.493 e. The molecule has 2 aromatic carbocycles. The first-order valence-electron chi connectivity index (χ1n) is 9.19. The van der Waals surface area contributed by atoms with E-state index in [1.54, 1.807) is 6.08 Å². The van der Waals surface area contributed by atoms with Gasteiger partial charge in [0, 0.05) is 11.6 Å². The van der Waals surface area contributed by atoms with Crippen LogP contribution in [0.15, 0.2) is 60.7 Å². The molecule has 0 atom stereocenters. The lowest BCUT2D eigenvalue weighted by atomic mass is 10.1. The van der Waals surface area contributed by atoms with Crippen molar-refractivity contribution in [2.45, 2.75) is 13.0 Å². The molecule has 1 amide bonds. The van der Waals surface area contributed by atoms with Gasteiger partial charge >= 0.3 is 5.97 Å². The highest BCUT2D eigenvalue weighted by atomic mass is 16.5. The van der Waals surface area contributed by atoms with Crippen LogP contribution in [-0.2, 0) is 16.1 Å². The number of para-hydroxylation sites is 1. The van der Waals surface area contributed by atoms with Crippen LogP contribution in [0.5, 0.6) is 5.75 Å². The van der Waals surface area contributed by atoms with Crippen LogP contribution in [-0.4, -0.2) is 48.6 Å². The van der Waals surface area contributed by atoms with E-state index in [4.69, 9.17) is 4.74 Å². The second kappa shape index (κ2) is 11.6. The molecule has 0 aliphatic heterocycles. The van der Waals surface area contributed by atoms with Crippen molar-refractivity contribution < 1.29 is 19.4 Å². The van der Waals surface area contributed by atoms with E-state index in [-0.39, 0.29) is 19.0 Å². The third-order valence-corrected chi connectivity index (χ3v) is 4.02. The van der Waals surface area contributed by atoms with Crippen molar-refractivity contribution in [3.05, 3.63) is 71.8 Å². The van der Waals surface area contributed by atoms with E-state index < -0.39 is 5.97 Å². The summed E-state index contributed by atoms with van der Waals surface area (Å²) in [7, 11) is 1.88. The van der Waals surface area contributed by atoms with Gasteiger partial charge < -0.3 is 20.1 Å². The van der Waals surface area contributed by atoms with Gasteiger partial charge in [0.05, 0.1) is 13.2 Å². The summed E-state index contributed by atoms with van der Waals surface area (Å²) in [5.74, 6) is -0.765. The summed E-state index contributed by atoms with van der Waals surface area (Å²) in [6, 6.07) is 16.8. The van der Waals surface area contributed by atoms with Crippen LogP contribution in [0.2, 0.25) is 0 Å². The van der Waals surface area contributed by atoms with E-state index in [1.165, 1.54) is 11.0 Å². The van der Waals surface area contributed by atoms with Crippen LogP contribution < -0.4 is 10.1 Å². The van der Waals surface area contributed by atoms with Crippen molar-refractivity contribution >= 4 is 18.0 Å². The van der Waals surface area contributed by atoms with E-state index in [2.05, 4.69) is 5.32 Å². The lowest BCUT2D eigenvalue weighted by Gasteiger charge is -2.21. The summed E-state index contributed by atoms with van der Waals surface area (Å²) in [4.78, 5) is 25.1. The van der Waals surface area contributed by atoms with Gasteiger partial charge in [-0.25, -0.2) is 0 Å². The number of carboxylic acids is 1. The molecule has 6 heteroatoms. The molecule has 0 heterocycles. The predicted molar refractivity (Wildman–Crippen MR) is 109 cm³/mol. The Morgan fingerprint density at radius 2 is 1.82 bits per heavy atom. The van der Waals surface area contributed by atoms with Crippen molar-refractivity contribution in [1.29, 1.82) is 0 Å². The van der Waals surface area contributed by atoms with Gasteiger partial charge in [0.15, 0.2) is 0 Å². The van der Waals surface area contributed by atoms with Gasteiger partial charge in [-0.15, -0.1) is 0 Å². The van der Waals surface area contributed by atoms with E-state index in [1.807, 2.05) is 61.6 Å². The number of ether oxygens (including phenoxy) is 1. The number of hydrogen-bond donors (Lipinski definition) is 2. The Morgan fingerprint density at radius 3 is 2.54 bits per heavy atom. The zero-order chi connectivity index (χ0) is 20.2. The minimum atomic E-state index is -1.06. The number of aliphatic carboxylic acids is 1. The average molecular weight is 382 g/mol. The first-order valence-corrected chi connectivity index (χ1v) is 9.19. The second-order valence-corrected chi connectivity index (χ2v) is 6.25. The number of carbonyl (C=O) groups is 2. The minimum absolute atomic E-state index is 0.159. The molecule has 0 radical (unpaired) electrons. The number of hydrogen-bond acceptors (Lipinski definition) is 4. The number of amides is 1. The van der Waals surface area contributed by atoms with Gasteiger partial charge in [0.25, 0.3) is 0 Å². The molecule has 148 valence electrons. The monoisotopic (exact) mass is 382 g/mol. The molecule has 28 heavy (non-hydrogen) atoms. The molecule has 2 rings (SSSR count). The van der Waals surface area contributed by atoms with E-state index in [0.717, 1.165) is 24.1 Å². The van der Waals surface area contributed by atoms with Gasteiger partial charge in [-0.2, -0.15) is 0 Å². The SMILES string of the molecule is CNCCCOc1ccccc1CN(CC(=O)O)C(=O)C=Cc1ccccc1. The molecular formula is C22H26N2O4. The van der Waals surface area contributed by atoms with Gasteiger partial charge in [-0.3, -0.25) is 9.59 Å². The Hall–Kier alpha value is -3.12. The van der Waals surface area contributed by atoms with Crippen molar-refractivity contribution in [2.75, 3.05) is 26.7 Å². The lowest BCUT2D eigenvalue weighted by molar-refractivity contribution is -0.143. The number of rotatable bonds is 11. The molecule has 6 nitrogen and oxygen atoms in total. The van der Waals surface area contributed by atoms with Gasteiger partial charge in [0.2, 0.25) is 5.91 Å². The first kappa shape index (κ1) is 21.2. The summed E-state index contributed by atoms with van der Waals surface area (Å²) in [5, 5.41) is 12.3. The summed E-state index contributed by atoms with van der Waals surface area (Å²) >= 11 is 0. The topological polar surface area (TPSA) is 78.9 Å². The van der Waals surface area contributed by atoms with Crippen molar-refractivity contribution in [2.24, 2.45) is 0 Å². The average Bonchev–Trinajstić information content (AvgIpc) is 2.70. The summed E-state index contributed by atoms with van der Waals surface area (Å²) in [5.41, 5.74) is 1.65. The molecule has 0 unspecified atom stereocenters. The number of nitrogens with one attached hydrogen (secondary N) is 1. The Balaban J connectivity index is 2.10. The van der Waals surface area contributed by atoms with Gasteiger partial charge in [0.1, 0.15) is 12.3 Å². The Labute approximate surface area is 165 Å². The molecule has 0 spiro atoms. The third-order valence-electron chi connectivity index (χ3n) is 4.02. The Kier molecular flexibility index (Phi) is 8.75. The molecule has 0 saturated heterocycles. The maximum absolute atomic E-state index is 12.6. The highest BCUT2D eigenvalue weighted by Gasteiger charge is 2.17. The van der Waals surface area contributed by atoms with E-state index in [0.29, 0.717) is 12.4 Å². The minimum Gasteiger partial charge on any atom is -0.493 e. The predicted octanol–water partition coefficient (Wildman–Crippen LogP) is 2.80. The second-order valence-electron chi connectivity index (χ2n) is 6.25. The van der Waals surface area contributed by atoms with Crippen LogP contribution in [0, 0.1) is 0 Å². The van der Waals surface area contributed by atoms with Crippen molar-refractivity contribution in [1.82, 2.24) is 10.2 Å². The smallest absolute Gasteiger partial charge is 0.323 e.